The summed E-state index contributed by atoms with van der Waals surface area (Å²) in [6.45, 7) is 1.94. The van der Waals surface area contributed by atoms with Gasteiger partial charge in [-0.25, -0.2) is 0 Å². The monoisotopic (exact) mass is 328 g/mol. The maximum atomic E-state index is 12.6. The Balaban J connectivity index is 1.80. The van der Waals surface area contributed by atoms with Gasteiger partial charge in [-0.15, -0.1) is 0 Å². The van der Waals surface area contributed by atoms with Gasteiger partial charge in [0, 0.05) is 16.8 Å². The molecule has 3 aliphatic rings. The van der Waals surface area contributed by atoms with Crippen LogP contribution in [0.3, 0.4) is 0 Å². The van der Waals surface area contributed by atoms with Gasteiger partial charge in [0.2, 0.25) is 0 Å². The van der Waals surface area contributed by atoms with Crippen LogP contribution in [0.25, 0.3) is 22.3 Å². The molecule has 4 N–H and O–H groups in total. The van der Waals surface area contributed by atoms with Crippen LogP contribution in [0.1, 0.15) is 5.56 Å². The minimum absolute atomic E-state index is 0.0560. The number of anilines is 2. The van der Waals surface area contributed by atoms with Crippen molar-refractivity contribution in [2.24, 2.45) is 5.10 Å². The van der Waals surface area contributed by atoms with Crippen LogP contribution in [0.2, 0.25) is 0 Å². The average Bonchev–Trinajstić information content (AvgIpc) is 2.88. The molecular weight excluding hydrogens is 312 g/mol. The van der Waals surface area contributed by atoms with Gasteiger partial charge in [0.1, 0.15) is 0 Å². The quantitative estimate of drug-likeness (QED) is 0.390. The molecule has 3 aliphatic carbocycles. The summed E-state index contributed by atoms with van der Waals surface area (Å²) in [6, 6.07) is 16.3. The Hall–Kier alpha value is -3.47. The van der Waals surface area contributed by atoms with Gasteiger partial charge in [-0.05, 0) is 66.1 Å². The third kappa shape index (κ3) is 2.55. The molecule has 0 saturated carbocycles. The first-order valence-corrected chi connectivity index (χ1v) is 7.90. The molecular formula is C20H16N4O. The zero-order valence-corrected chi connectivity index (χ0v) is 13.6. The molecule has 0 heterocycles. The van der Waals surface area contributed by atoms with E-state index in [4.69, 9.17) is 11.1 Å². The number of hydrogen-bond acceptors (Lipinski definition) is 5. The first-order chi connectivity index (χ1) is 12.0. The molecule has 0 fully saturated rings. The second-order valence-corrected chi connectivity index (χ2v) is 6.11. The number of nitrogens with one attached hydrogen (secondary N) is 2. The van der Waals surface area contributed by atoms with Crippen LogP contribution in [0, 0.1) is 12.3 Å². The van der Waals surface area contributed by atoms with Crippen LogP contribution in [0.5, 0.6) is 0 Å². The second-order valence-electron chi connectivity index (χ2n) is 6.11. The lowest BCUT2D eigenvalue weighted by atomic mass is 10.0. The molecule has 0 radical (unpaired) electrons. The Morgan fingerprint density at radius 1 is 0.920 bits per heavy atom. The average molecular weight is 328 g/mol. The lowest BCUT2D eigenvalue weighted by Crippen LogP contribution is -2.08. The molecule has 0 amide bonds. The van der Waals surface area contributed by atoms with Crippen molar-refractivity contribution in [1.29, 1.82) is 5.41 Å². The van der Waals surface area contributed by atoms with Crippen molar-refractivity contribution in [3.63, 3.8) is 0 Å². The first-order valence-electron chi connectivity index (χ1n) is 7.90. The molecule has 25 heavy (non-hydrogen) atoms. The van der Waals surface area contributed by atoms with Gasteiger partial charge in [-0.3, -0.25) is 10.2 Å². The normalized spacial score (nSPS) is 12.1. The SMILES string of the molecule is Cc1cc(NN=c2ccc3c4ccc(=N)cc-4c(=O)c-3c2)ccc1N. The van der Waals surface area contributed by atoms with Crippen LogP contribution < -0.4 is 27.3 Å². The fourth-order valence-electron chi connectivity index (χ4n) is 3.01. The van der Waals surface area contributed by atoms with Crippen molar-refractivity contribution in [1.82, 2.24) is 0 Å². The third-order valence-electron chi connectivity index (χ3n) is 4.39. The number of nitrogen functional groups attached to an aromatic ring is 1. The van der Waals surface area contributed by atoms with Crippen LogP contribution in [0.4, 0.5) is 11.4 Å². The first kappa shape index (κ1) is 15.1. The second kappa shape index (κ2) is 5.56. The predicted molar refractivity (Wildman–Crippen MR) is 99.0 cm³/mol. The minimum atomic E-state index is -0.0560. The van der Waals surface area contributed by atoms with Crippen molar-refractivity contribution in [2.45, 2.75) is 6.92 Å². The van der Waals surface area contributed by atoms with Gasteiger partial charge in [-0.2, -0.15) is 5.10 Å². The minimum Gasteiger partial charge on any atom is -0.399 e. The smallest absolute Gasteiger partial charge is 0.194 e. The summed E-state index contributed by atoms with van der Waals surface area (Å²) in [5.74, 6) is 0. The highest BCUT2D eigenvalue weighted by atomic mass is 16.1. The number of aryl methyl sites for hydroxylation is 1. The Bertz CT molecular complexity index is 1190. The number of nitrogens with two attached hydrogens (primary N) is 1. The molecule has 0 saturated heterocycles. The van der Waals surface area contributed by atoms with Crippen LogP contribution in [-0.2, 0) is 0 Å². The maximum Gasteiger partial charge on any atom is 0.194 e. The number of nitrogens with zero attached hydrogens (tertiary/aromatic N) is 1. The molecule has 0 aliphatic heterocycles. The Morgan fingerprint density at radius 3 is 2.40 bits per heavy atom. The molecule has 4 rings (SSSR count). The summed E-state index contributed by atoms with van der Waals surface area (Å²) in [6.07, 6.45) is 0. The fraction of sp³-hybridized carbons (Fsp3) is 0.0500. The summed E-state index contributed by atoms with van der Waals surface area (Å²) in [5, 5.41) is 13.1. The number of hydrogen-bond donors (Lipinski definition) is 3. The third-order valence-corrected chi connectivity index (χ3v) is 4.39. The molecule has 0 unspecified atom stereocenters. The van der Waals surface area contributed by atoms with E-state index in [0.717, 1.165) is 28.1 Å². The molecule has 0 aromatic heterocycles. The summed E-state index contributed by atoms with van der Waals surface area (Å²) in [5.41, 5.74) is 14.3. The van der Waals surface area contributed by atoms with Crippen molar-refractivity contribution in [3.05, 3.63) is 81.1 Å². The van der Waals surface area contributed by atoms with E-state index < -0.39 is 0 Å². The molecule has 1 aromatic carbocycles. The fourth-order valence-corrected chi connectivity index (χ4v) is 3.01. The molecule has 5 heteroatoms. The standard InChI is InChI=1S/C20H16N4O/c1-11-8-13(4-7-19(11)22)23-24-14-3-6-16-15-5-2-12(21)9-17(15)20(25)18(16)10-14/h2-10,21,23H,22H2,1H3. The van der Waals surface area contributed by atoms with Gasteiger partial charge in [0.25, 0.3) is 0 Å². The van der Waals surface area contributed by atoms with Gasteiger partial charge in [0.05, 0.1) is 16.4 Å². The Labute approximate surface area is 144 Å². The van der Waals surface area contributed by atoms with E-state index in [0.29, 0.717) is 21.8 Å². The van der Waals surface area contributed by atoms with E-state index in [1.165, 1.54) is 0 Å². The highest BCUT2D eigenvalue weighted by Crippen LogP contribution is 2.32. The number of benzene rings is 3. The zero-order chi connectivity index (χ0) is 17.6. The lowest BCUT2D eigenvalue weighted by molar-refractivity contribution is 1.21. The van der Waals surface area contributed by atoms with Crippen molar-refractivity contribution in [2.75, 3.05) is 11.2 Å². The number of fused-ring (bicyclic) bond motifs is 3. The van der Waals surface area contributed by atoms with E-state index in [1.54, 1.807) is 18.2 Å². The molecule has 0 bridgehead atoms. The zero-order valence-electron chi connectivity index (χ0n) is 13.6. The van der Waals surface area contributed by atoms with Crippen LogP contribution in [0.15, 0.2) is 64.5 Å². The van der Waals surface area contributed by atoms with Crippen LogP contribution in [-0.4, -0.2) is 0 Å². The Morgan fingerprint density at radius 2 is 1.64 bits per heavy atom. The number of rotatable bonds is 2. The lowest BCUT2D eigenvalue weighted by Gasteiger charge is -2.04. The Kier molecular flexibility index (Phi) is 3.35. The molecule has 0 spiro atoms. The van der Waals surface area contributed by atoms with Gasteiger partial charge in [-0.1, -0.05) is 12.1 Å². The van der Waals surface area contributed by atoms with E-state index in [2.05, 4.69) is 10.5 Å². The topological polar surface area (TPSA) is 91.3 Å². The summed E-state index contributed by atoms with van der Waals surface area (Å²) >= 11 is 0. The van der Waals surface area contributed by atoms with Crippen molar-refractivity contribution >= 4 is 11.4 Å². The maximum absolute atomic E-state index is 12.6. The van der Waals surface area contributed by atoms with Crippen molar-refractivity contribution < 1.29 is 0 Å². The van der Waals surface area contributed by atoms with E-state index in [1.807, 2.05) is 43.3 Å². The highest BCUT2D eigenvalue weighted by molar-refractivity contribution is 5.90. The predicted octanol–water partition coefficient (Wildman–Crippen LogP) is 2.43. The summed E-state index contributed by atoms with van der Waals surface area (Å²) in [7, 11) is 0. The largest absolute Gasteiger partial charge is 0.399 e. The molecule has 1 aromatic rings. The summed E-state index contributed by atoms with van der Waals surface area (Å²) < 4.78 is 0. The van der Waals surface area contributed by atoms with E-state index in [9.17, 15) is 4.79 Å². The van der Waals surface area contributed by atoms with Gasteiger partial charge in [0.15, 0.2) is 5.43 Å². The van der Waals surface area contributed by atoms with Gasteiger partial charge >= 0.3 is 0 Å². The summed E-state index contributed by atoms with van der Waals surface area (Å²) in [4.78, 5) is 12.6. The van der Waals surface area contributed by atoms with Crippen LogP contribution >= 0.6 is 0 Å². The molecule has 122 valence electrons. The highest BCUT2D eigenvalue weighted by Gasteiger charge is 2.20. The molecule has 5 nitrogen and oxygen atoms in total. The van der Waals surface area contributed by atoms with E-state index >= 15 is 0 Å². The molecule has 0 atom stereocenters. The van der Waals surface area contributed by atoms with Gasteiger partial charge < -0.3 is 11.1 Å². The van der Waals surface area contributed by atoms with E-state index in [-0.39, 0.29) is 5.43 Å². The van der Waals surface area contributed by atoms with Crippen molar-refractivity contribution in [3.8, 4) is 22.3 Å².